The van der Waals surface area contributed by atoms with E-state index < -0.39 is 0 Å². The zero-order valence-electron chi connectivity index (χ0n) is 23.6. The van der Waals surface area contributed by atoms with Crippen molar-refractivity contribution in [2.75, 3.05) is 39.1 Å². The third-order valence-electron chi connectivity index (χ3n) is 6.63. The Morgan fingerprint density at radius 3 is 2.51 bits per heavy atom. The van der Waals surface area contributed by atoms with Gasteiger partial charge in [-0.3, -0.25) is 9.79 Å². The van der Waals surface area contributed by atoms with Gasteiger partial charge in [0.2, 0.25) is 0 Å². The van der Waals surface area contributed by atoms with Gasteiger partial charge in [0.25, 0.3) is 5.91 Å². The van der Waals surface area contributed by atoms with Gasteiger partial charge in [-0.2, -0.15) is 0 Å². The van der Waals surface area contributed by atoms with Crippen LogP contribution in [0.3, 0.4) is 0 Å². The van der Waals surface area contributed by atoms with Crippen molar-refractivity contribution >= 4 is 17.5 Å². The first-order chi connectivity index (χ1) is 18.0. The molecule has 8 nitrogen and oxygen atoms in total. The van der Waals surface area contributed by atoms with E-state index >= 15 is 0 Å². The van der Waals surface area contributed by atoms with Gasteiger partial charge in [0.1, 0.15) is 5.76 Å². The van der Waals surface area contributed by atoms with Gasteiger partial charge in [0.15, 0.2) is 11.6 Å². The van der Waals surface area contributed by atoms with Crippen molar-refractivity contribution in [2.24, 2.45) is 22.7 Å². The monoisotopic (exact) mass is 515 g/mol. The van der Waals surface area contributed by atoms with Crippen LogP contribution in [0.1, 0.15) is 82.6 Å². The minimum absolute atomic E-state index is 0.0916. The highest BCUT2D eigenvalue weighted by Crippen LogP contribution is 2.38. The Morgan fingerprint density at radius 2 is 1.97 bits per heavy atom. The Bertz CT molecular complexity index is 857. The number of carbonyl (C=O) groups excluding carboxylic acids is 1. The summed E-state index contributed by atoms with van der Waals surface area (Å²) in [4.78, 5) is 20.6. The number of nitrogens with one attached hydrogen (secondary N) is 3. The standard InChI is InChI=1S/C14H21N3O.C14H24N2O.CH4O/c1-10(2)9-16-14(18)13-12(7-4-8-15-13)17-11-5-3-6-11;1-3-5-13(11-7-8-11)17-14(15-2)12-6-4-9-16-10-12;1-2/h4,7-8,10-11,17H,3,5-6,9H2,1-2H3,(H,16,18);5,11-12,16H,3-4,6-10H2,1-2H3;2H,1H3/b;13-5-,15-14?;. The highest BCUT2D eigenvalue weighted by molar-refractivity contribution is 5.97. The van der Waals surface area contributed by atoms with Gasteiger partial charge in [-0.05, 0) is 82.0 Å². The van der Waals surface area contributed by atoms with E-state index in [0.29, 0.717) is 36.0 Å². The number of amides is 1. The van der Waals surface area contributed by atoms with Crippen molar-refractivity contribution in [3.8, 4) is 0 Å². The van der Waals surface area contributed by atoms with Gasteiger partial charge >= 0.3 is 0 Å². The summed E-state index contributed by atoms with van der Waals surface area (Å²) >= 11 is 0. The van der Waals surface area contributed by atoms with Crippen molar-refractivity contribution in [1.29, 1.82) is 0 Å². The number of aliphatic hydroxyl groups excluding tert-OH is 1. The smallest absolute Gasteiger partial charge is 0.272 e. The average molecular weight is 516 g/mol. The summed E-state index contributed by atoms with van der Waals surface area (Å²) in [6.45, 7) is 9.14. The molecule has 1 aromatic rings. The van der Waals surface area contributed by atoms with Crippen LogP contribution in [0.4, 0.5) is 5.69 Å². The molecule has 0 spiro atoms. The molecule has 208 valence electrons. The van der Waals surface area contributed by atoms with Crippen LogP contribution in [-0.2, 0) is 4.74 Å². The molecule has 1 unspecified atom stereocenters. The highest BCUT2D eigenvalue weighted by Gasteiger charge is 2.30. The SMILES string of the molecule is CC(C)CNC(=O)c1ncccc1NC1CCC1.CC/C=C(\OC(=NC)C1CCCNC1)C1CC1.CO. The van der Waals surface area contributed by atoms with Crippen molar-refractivity contribution < 1.29 is 14.6 Å². The molecule has 1 aromatic heterocycles. The minimum Gasteiger partial charge on any atom is -0.447 e. The normalized spacial score (nSPS) is 20.0. The first-order valence-corrected chi connectivity index (χ1v) is 14.0. The molecule has 2 saturated carbocycles. The van der Waals surface area contributed by atoms with Gasteiger partial charge in [0.05, 0.1) is 5.69 Å². The lowest BCUT2D eigenvalue weighted by Crippen LogP contribution is -2.35. The van der Waals surface area contributed by atoms with Gasteiger partial charge in [0, 0.05) is 51.3 Å². The number of aromatic nitrogens is 1. The number of nitrogens with zero attached hydrogens (tertiary/aromatic N) is 2. The number of aliphatic hydroxyl groups is 1. The second-order valence-electron chi connectivity index (χ2n) is 10.3. The number of rotatable bonds is 9. The predicted octanol–water partition coefficient (Wildman–Crippen LogP) is 4.78. The van der Waals surface area contributed by atoms with E-state index in [9.17, 15) is 4.79 Å². The predicted molar refractivity (Wildman–Crippen MR) is 152 cm³/mol. The number of aliphatic imine (C=N–C) groups is 1. The molecule has 1 atom stereocenters. The zero-order chi connectivity index (χ0) is 27.0. The summed E-state index contributed by atoms with van der Waals surface area (Å²) in [5.41, 5.74) is 1.36. The fraction of sp³-hybridized carbons (Fsp3) is 0.690. The molecular weight excluding hydrogens is 466 g/mol. The molecule has 3 fully saturated rings. The summed E-state index contributed by atoms with van der Waals surface area (Å²) in [6, 6.07) is 4.29. The molecule has 0 bridgehead atoms. The number of ether oxygens (including phenoxy) is 1. The Kier molecular flexibility index (Phi) is 14.2. The molecule has 0 radical (unpaired) electrons. The lowest BCUT2D eigenvalue weighted by atomic mass is 9.93. The Balaban J connectivity index is 0.000000244. The molecule has 3 aliphatic rings. The van der Waals surface area contributed by atoms with Crippen molar-refractivity contribution in [3.05, 3.63) is 35.9 Å². The highest BCUT2D eigenvalue weighted by atomic mass is 16.5. The molecule has 0 aromatic carbocycles. The van der Waals surface area contributed by atoms with E-state index in [1.54, 1.807) is 6.20 Å². The molecule has 8 heteroatoms. The number of anilines is 1. The van der Waals surface area contributed by atoms with Crippen LogP contribution in [-0.4, -0.2) is 61.7 Å². The topological polar surface area (TPSA) is 108 Å². The molecule has 1 amide bonds. The van der Waals surface area contributed by atoms with Crippen LogP contribution in [0.5, 0.6) is 0 Å². The average Bonchev–Trinajstić information content (AvgIpc) is 3.75. The number of hydrogen-bond acceptors (Lipinski definition) is 7. The summed E-state index contributed by atoms with van der Waals surface area (Å²) < 4.78 is 6.07. The van der Waals surface area contributed by atoms with Crippen LogP contribution >= 0.6 is 0 Å². The fourth-order valence-corrected chi connectivity index (χ4v) is 4.21. The third kappa shape index (κ3) is 10.8. The zero-order valence-corrected chi connectivity index (χ0v) is 23.6. The van der Waals surface area contributed by atoms with Crippen LogP contribution in [0.25, 0.3) is 0 Å². The van der Waals surface area contributed by atoms with Crippen LogP contribution < -0.4 is 16.0 Å². The quantitative estimate of drug-likeness (QED) is 0.214. The summed E-state index contributed by atoms with van der Waals surface area (Å²) in [7, 11) is 2.85. The van der Waals surface area contributed by atoms with E-state index in [2.05, 4.69) is 52.8 Å². The number of allylic oxidation sites excluding steroid dienone is 2. The van der Waals surface area contributed by atoms with E-state index in [1.807, 2.05) is 19.2 Å². The van der Waals surface area contributed by atoms with Gasteiger partial charge in [-0.1, -0.05) is 20.8 Å². The number of piperidine rings is 1. The first-order valence-electron chi connectivity index (χ1n) is 14.0. The molecule has 1 aliphatic heterocycles. The maximum Gasteiger partial charge on any atom is 0.272 e. The van der Waals surface area contributed by atoms with Crippen LogP contribution in [0.15, 0.2) is 35.2 Å². The minimum atomic E-state index is -0.0916. The molecule has 4 rings (SSSR count). The van der Waals surface area contributed by atoms with Gasteiger partial charge in [-0.25, -0.2) is 4.98 Å². The van der Waals surface area contributed by atoms with Gasteiger partial charge < -0.3 is 25.8 Å². The van der Waals surface area contributed by atoms with E-state index in [0.717, 1.165) is 38.2 Å². The largest absolute Gasteiger partial charge is 0.447 e. The maximum absolute atomic E-state index is 12.0. The third-order valence-corrected chi connectivity index (χ3v) is 6.63. The number of hydrogen-bond donors (Lipinski definition) is 4. The van der Waals surface area contributed by atoms with E-state index in [4.69, 9.17) is 9.84 Å². The Morgan fingerprint density at radius 1 is 1.22 bits per heavy atom. The second kappa shape index (κ2) is 17.1. The summed E-state index contributed by atoms with van der Waals surface area (Å²) in [5, 5.41) is 16.7. The van der Waals surface area contributed by atoms with Crippen LogP contribution in [0.2, 0.25) is 0 Å². The number of carbonyl (C=O) groups is 1. The molecular formula is C29H49N5O3. The Labute approximate surface area is 223 Å². The van der Waals surface area contributed by atoms with Crippen molar-refractivity contribution in [2.45, 2.75) is 78.2 Å². The van der Waals surface area contributed by atoms with E-state index in [-0.39, 0.29) is 5.91 Å². The maximum atomic E-state index is 12.0. The number of pyridine rings is 1. The molecule has 4 N–H and O–H groups in total. The molecule has 2 heterocycles. The van der Waals surface area contributed by atoms with Gasteiger partial charge in [-0.15, -0.1) is 0 Å². The fourth-order valence-electron chi connectivity index (χ4n) is 4.21. The lowest BCUT2D eigenvalue weighted by Gasteiger charge is -2.28. The van der Waals surface area contributed by atoms with Crippen LogP contribution in [0, 0.1) is 17.8 Å². The second-order valence-corrected chi connectivity index (χ2v) is 10.3. The van der Waals surface area contributed by atoms with Crippen molar-refractivity contribution in [1.82, 2.24) is 15.6 Å². The molecule has 37 heavy (non-hydrogen) atoms. The first kappa shape index (κ1) is 30.8. The summed E-state index contributed by atoms with van der Waals surface area (Å²) in [6.07, 6.45) is 13.6. The lowest BCUT2D eigenvalue weighted by molar-refractivity contribution is 0.0945. The molecule has 1 saturated heterocycles. The molecule has 2 aliphatic carbocycles. The van der Waals surface area contributed by atoms with E-state index in [1.165, 1.54) is 50.7 Å². The van der Waals surface area contributed by atoms with Crippen molar-refractivity contribution in [3.63, 3.8) is 0 Å². The Hall–Kier alpha value is -2.45. The summed E-state index contributed by atoms with van der Waals surface area (Å²) in [5.74, 6) is 3.59.